The van der Waals surface area contributed by atoms with Crippen molar-refractivity contribution in [1.29, 1.82) is 0 Å². The largest absolute Gasteiger partial charge is 0.348 e. The average Bonchev–Trinajstić information content (AvgIpc) is 3.30. The second kappa shape index (κ2) is 6.95. The summed E-state index contributed by atoms with van der Waals surface area (Å²) in [6, 6.07) is 5.63. The lowest BCUT2D eigenvalue weighted by Gasteiger charge is -2.17. The zero-order chi connectivity index (χ0) is 18.1. The lowest BCUT2D eigenvalue weighted by atomic mass is 10.1. The molecule has 0 unspecified atom stereocenters. The van der Waals surface area contributed by atoms with Gasteiger partial charge in [0, 0.05) is 18.9 Å². The van der Waals surface area contributed by atoms with Crippen molar-refractivity contribution in [3.63, 3.8) is 0 Å². The van der Waals surface area contributed by atoms with Crippen LogP contribution in [0.2, 0.25) is 0 Å². The van der Waals surface area contributed by atoms with Crippen LogP contribution in [0.3, 0.4) is 0 Å². The van der Waals surface area contributed by atoms with E-state index < -0.39 is 6.17 Å². The van der Waals surface area contributed by atoms with Crippen molar-refractivity contribution in [2.45, 2.75) is 25.6 Å². The number of hydrogen-bond donors (Lipinski definition) is 1. The Bertz CT molecular complexity index is 932. The molecule has 1 saturated heterocycles. The van der Waals surface area contributed by atoms with Gasteiger partial charge in [-0.25, -0.2) is 14.4 Å². The number of alkyl halides is 1. The molecule has 3 aromatic rings. The van der Waals surface area contributed by atoms with Gasteiger partial charge in [0.1, 0.15) is 6.17 Å². The number of likely N-dealkylation sites (tertiary alicyclic amines) is 1. The number of nitrogens with zero attached hydrogens (tertiary/aromatic N) is 4. The molecule has 1 aliphatic rings. The SMILES string of the molecule is C[C@H](Nc1nc(C(=O)N2CC[C@@H](F)C2)c2sccc2n1)c1cccnc1. The van der Waals surface area contributed by atoms with E-state index in [9.17, 15) is 9.18 Å². The van der Waals surface area contributed by atoms with Crippen molar-refractivity contribution < 1.29 is 9.18 Å². The molecule has 4 rings (SSSR count). The fourth-order valence-corrected chi connectivity index (χ4v) is 3.85. The highest BCUT2D eigenvalue weighted by molar-refractivity contribution is 7.17. The zero-order valence-electron chi connectivity index (χ0n) is 14.2. The topological polar surface area (TPSA) is 71.0 Å². The Morgan fingerprint density at radius 3 is 3.04 bits per heavy atom. The van der Waals surface area contributed by atoms with E-state index in [2.05, 4.69) is 20.3 Å². The first-order chi connectivity index (χ1) is 12.6. The number of halogens is 1. The molecule has 1 fully saturated rings. The van der Waals surface area contributed by atoms with E-state index in [0.717, 1.165) is 10.3 Å². The van der Waals surface area contributed by atoms with Crippen LogP contribution < -0.4 is 5.32 Å². The molecule has 0 saturated carbocycles. The first kappa shape index (κ1) is 16.8. The van der Waals surface area contributed by atoms with Crippen LogP contribution in [0, 0.1) is 0 Å². The number of carbonyl (C=O) groups excluding carboxylic acids is 1. The molecule has 2 atom stereocenters. The third-order valence-corrected chi connectivity index (χ3v) is 5.36. The number of anilines is 1. The predicted octanol–water partition coefficient (Wildman–Crippen LogP) is 3.44. The minimum Gasteiger partial charge on any atom is -0.348 e. The smallest absolute Gasteiger partial charge is 0.274 e. The van der Waals surface area contributed by atoms with Crippen LogP contribution in [0.5, 0.6) is 0 Å². The quantitative estimate of drug-likeness (QED) is 0.761. The third-order valence-electron chi connectivity index (χ3n) is 4.45. The number of rotatable bonds is 4. The third kappa shape index (κ3) is 3.24. The molecule has 0 aromatic carbocycles. The van der Waals surface area contributed by atoms with Gasteiger partial charge in [0.15, 0.2) is 5.69 Å². The summed E-state index contributed by atoms with van der Waals surface area (Å²) in [4.78, 5) is 27.5. The summed E-state index contributed by atoms with van der Waals surface area (Å²) in [5.41, 5.74) is 2.04. The molecule has 6 nitrogen and oxygen atoms in total. The van der Waals surface area contributed by atoms with E-state index in [0.29, 0.717) is 30.1 Å². The van der Waals surface area contributed by atoms with Crippen LogP contribution in [-0.2, 0) is 0 Å². The van der Waals surface area contributed by atoms with Crippen LogP contribution in [-0.4, -0.2) is 45.0 Å². The number of aromatic nitrogens is 3. The highest BCUT2D eigenvalue weighted by atomic mass is 32.1. The Labute approximate surface area is 154 Å². The molecule has 1 aliphatic heterocycles. The van der Waals surface area contributed by atoms with Gasteiger partial charge in [0.25, 0.3) is 5.91 Å². The molecule has 1 amide bonds. The van der Waals surface area contributed by atoms with E-state index in [1.807, 2.05) is 30.5 Å². The number of fused-ring (bicyclic) bond motifs is 1. The van der Waals surface area contributed by atoms with Crippen molar-refractivity contribution in [1.82, 2.24) is 19.9 Å². The van der Waals surface area contributed by atoms with Crippen LogP contribution in [0.25, 0.3) is 10.2 Å². The Morgan fingerprint density at radius 2 is 2.31 bits per heavy atom. The van der Waals surface area contributed by atoms with Crippen molar-refractivity contribution in [3.8, 4) is 0 Å². The van der Waals surface area contributed by atoms with E-state index in [1.165, 1.54) is 16.2 Å². The molecule has 3 aromatic heterocycles. The molecule has 0 bridgehead atoms. The van der Waals surface area contributed by atoms with Crippen LogP contribution >= 0.6 is 11.3 Å². The van der Waals surface area contributed by atoms with E-state index in [1.54, 1.807) is 12.4 Å². The monoisotopic (exact) mass is 371 g/mol. The first-order valence-corrected chi connectivity index (χ1v) is 9.35. The van der Waals surface area contributed by atoms with Crippen LogP contribution in [0.1, 0.15) is 35.4 Å². The van der Waals surface area contributed by atoms with Crippen LogP contribution in [0.4, 0.5) is 10.3 Å². The summed E-state index contributed by atoms with van der Waals surface area (Å²) in [6.07, 6.45) is 2.92. The summed E-state index contributed by atoms with van der Waals surface area (Å²) in [5, 5.41) is 5.11. The lowest BCUT2D eigenvalue weighted by Crippen LogP contribution is -2.30. The first-order valence-electron chi connectivity index (χ1n) is 8.47. The molecular formula is C18H18FN5OS. The number of carbonyl (C=O) groups is 1. The maximum absolute atomic E-state index is 13.5. The number of hydrogen-bond acceptors (Lipinski definition) is 6. The highest BCUT2D eigenvalue weighted by Gasteiger charge is 2.29. The molecule has 26 heavy (non-hydrogen) atoms. The van der Waals surface area contributed by atoms with E-state index in [4.69, 9.17) is 0 Å². The van der Waals surface area contributed by atoms with Crippen molar-refractivity contribution in [3.05, 3.63) is 47.2 Å². The van der Waals surface area contributed by atoms with Gasteiger partial charge >= 0.3 is 0 Å². The Kier molecular flexibility index (Phi) is 4.50. The Balaban J connectivity index is 1.65. The summed E-state index contributed by atoms with van der Waals surface area (Å²) >= 11 is 1.42. The summed E-state index contributed by atoms with van der Waals surface area (Å²) in [6.45, 7) is 2.53. The second-order valence-corrected chi connectivity index (χ2v) is 7.24. The minimum atomic E-state index is -0.956. The zero-order valence-corrected chi connectivity index (χ0v) is 15.0. The number of thiophene rings is 1. The molecule has 8 heteroatoms. The van der Waals surface area contributed by atoms with Crippen molar-refractivity contribution in [2.24, 2.45) is 0 Å². The van der Waals surface area contributed by atoms with Gasteiger partial charge in [0.05, 0.1) is 22.8 Å². The standard InChI is InChI=1S/C18H18FN5OS/c1-11(12-3-2-6-20-9-12)21-18-22-14-5-8-26-16(14)15(23-18)17(25)24-7-4-13(19)10-24/h2-3,5-6,8-9,11,13H,4,7,10H2,1H3,(H,21,22,23)/t11-,13+/m0/s1. The summed E-state index contributed by atoms with van der Waals surface area (Å²) in [7, 11) is 0. The second-order valence-electron chi connectivity index (χ2n) is 6.32. The van der Waals surface area contributed by atoms with Gasteiger partial charge in [-0.2, -0.15) is 0 Å². The van der Waals surface area contributed by atoms with Gasteiger partial charge in [-0.05, 0) is 36.4 Å². The lowest BCUT2D eigenvalue weighted by molar-refractivity contribution is 0.0779. The van der Waals surface area contributed by atoms with Crippen molar-refractivity contribution in [2.75, 3.05) is 18.4 Å². The van der Waals surface area contributed by atoms with Crippen LogP contribution in [0.15, 0.2) is 36.0 Å². The number of nitrogens with one attached hydrogen (secondary N) is 1. The van der Waals surface area contributed by atoms with Gasteiger partial charge in [-0.3, -0.25) is 9.78 Å². The van der Waals surface area contributed by atoms with E-state index in [-0.39, 0.29) is 18.5 Å². The molecule has 134 valence electrons. The van der Waals surface area contributed by atoms with Gasteiger partial charge < -0.3 is 10.2 Å². The van der Waals surface area contributed by atoms with Crippen molar-refractivity contribution >= 4 is 33.4 Å². The summed E-state index contributed by atoms with van der Waals surface area (Å²) in [5.74, 6) is 0.142. The number of pyridine rings is 1. The molecule has 0 aliphatic carbocycles. The minimum absolute atomic E-state index is 0.0650. The van der Waals surface area contributed by atoms with Gasteiger partial charge in [-0.1, -0.05) is 6.07 Å². The van der Waals surface area contributed by atoms with Gasteiger partial charge in [-0.15, -0.1) is 11.3 Å². The molecule has 0 spiro atoms. The Hall–Kier alpha value is -2.61. The maximum atomic E-state index is 13.5. The van der Waals surface area contributed by atoms with Gasteiger partial charge in [0.2, 0.25) is 5.95 Å². The summed E-state index contributed by atoms with van der Waals surface area (Å²) < 4.78 is 14.2. The molecule has 1 N–H and O–H groups in total. The molecule has 4 heterocycles. The van der Waals surface area contributed by atoms with E-state index >= 15 is 0 Å². The number of amides is 1. The fraction of sp³-hybridized carbons (Fsp3) is 0.333. The average molecular weight is 371 g/mol. The highest BCUT2D eigenvalue weighted by Crippen LogP contribution is 2.27. The molecular weight excluding hydrogens is 353 g/mol. The molecule has 0 radical (unpaired) electrons. The maximum Gasteiger partial charge on any atom is 0.274 e. The normalized spacial score (nSPS) is 18.2. The fourth-order valence-electron chi connectivity index (χ4n) is 3.03. The predicted molar refractivity (Wildman–Crippen MR) is 99.1 cm³/mol. The Morgan fingerprint density at radius 1 is 1.42 bits per heavy atom.